The fourth-order valence-electron chi connectivity index (χ4n) is 1.22. The van der Waals surface area contributed by atoms with Crippen LogP contribution in [-0.2, 0) is 0 Å². The Kier molecular flexibility index (Phi) is 2.85. The molecule has 1 aromatic carbocycles. The molecule has 1 N–H and O–H groups in total. The van der Waals surface area contributed by atoms with E-state index in [1.165, 1.54) is 0 Å². The fourth-order valence-corrected chi connectivity index (χ4v) is 1.22. The normalized spacial score (nSPS) is 10.6. The van der Waals surface area contributed by atoms with Crippen molar-refractivity contribution in [2.75, 3.05) is 0 Å². The standard InChI is InChI=1S/C11H12O2/c1-3-4-9-5-8(2)6-10(7-9)11(12)13/h3-7H,1-2H3,(H,12,13)/b4-3+. The third-order valence-electron chi connectivity index (χ3n) is 1.71. The Labute approximate surface area is 77.5 Å². The third kappa shape index (κ3) is 2.44. The second kappa shape index (κ2) is 3.90. The molecule has 0 spiro atoms. The van der Waals surface area contributed by atoms with Crippen molar-refractivity contribution in [3.8, 4) is 0 Å². The molecule has 1 aromatic rings. The first-order valence-electron chi connectivity index (χ1n) is 4.11. The summed E-state index contributed by atoms with van der Waals surface area (Å²) in [6, 6.07) is 5.27. The SMILES string of the molecule is C/C=C/c1cc(C)cc(C(=O)O)c1. The van der Waals surface area contributed by atoms with Crippen molar-refractivity contribution < 1.29 is 9.90 Å². The largest absolute Gasteiger partial charge is 0.478 e. The van der Waals surface area contributed by atoms with E-state index in [0.29, 0.717) is 5.56 Å². The summed E-state index contributed by atoms with van der Waals surface area (Å²) in [5, 5.41) is 8.78. The third-order valence-corrected chi connectivity index (χ3v) is 1.71. The van der Waals surface area contributed by atoms with Crippen LogP contribution >= 0.6 is 0 Å². The molecule has 0 saturated heterocycles. The number of hydrogen-bond acceptors (Lipinski definition) is 1. The van der Waals surface area contributed by atoms with E-state index in [0.717, 1.165) is 11.1 Å². The lowest BCUT2D eigenvalue weighted by atomic mass is 10.1. The predicted molar refractivity (Wildman–Crippen MR) is 52.8 cm³/mol. The van der Waals surface area contributed by atoms with E-state index in [1.807, 2.05) is 32.1 Å². The van der Waals surface area contributed by atoms with Gasteiger partial charge >= 0.3 is 5.97 Å². The zero-order valence-corrected chi connectivity index (χ0v) is 7.74. The molecular formula is C11H12O2. The van der Waals surface area contributed by atoms with Crippen molar-refractivity contribution in [3.63, 3.8) is 0 Å². The summed E-state index contributed by atoms with van der Waals surface area (Å²) < 4.78 is 0. The van der Waals surface area contributed by atoms with Crippen molar-refractivity contribution >= 4 is 12.0 Å². The van der Waals surface area contributed by atoms with Crippen LogP contribution in [0.15, 0.2) is 24.3 Å². The molecule has 0 aliphatic rings. The highest BCUT2D eigenvalue weighted by atomic mass is 16.4. The average Bonchev–Trinajstić information content (AvgIpc) is 2.03. The number of aromatic carboxylic acids is 1. The van der Waals surface area contributed by atoms with Crippen LogP contribution in [0.3, 0.4) is 0 Å². The molecule has 0 saturated carbocycles. The molecular weight excluding hydrogens is 164 g/mol. The van der Waals surface area contributed by atoms with E-state index in [4.69, 9.17) is 5.11 Å². The highest BCUT2D eigenvalue weighted by molar-refractivity contribution is 5.88. The fraction of sp³-hybridized carbons (Fsp3) is 0.182. The van der Waals surface area contributed by atoms with E-state index < -0.39 is 5.97 Å². The Bertz CT molecular complexity index is 351. The second-order valence-corrected chi connectivity index (χ2v) is 2.94. The Morgan fingerprint density at radius 2 is 2.08 bits per heavy atom. The Balaban J connectivity index is 3.18. The summed E-state index contributed by atoms with van der Waals surface area (Å²) in [5.41, 5.74) is 2.24. The molecule has 0 aromatic heterocycles. The average molecular weight is 176 g/mol. The Morgan fingerprint density at radius 3 is 2.62 bits per heavy atom. The highest BCUT2D eigenvalue weighted by Crippen LogP contribution is 2.11. The van der Waals surface area contributed by atoms with Gasteiger partial charge in [-0.1, -0.05) is 18.2 Å². The van der Waals surface area contributed by atoms with Gasteiger partial charge in [-0.25, -0.2) is 4.79 Å². The summed E-state index contributed by atoms with van der Waals surface area (Å²) in [4.78, 5) is 10.7. The second-order valence-electron chi connectivity index (χ2n) is 2.94. The molecule has 0 aliphatic carbocycles. The first-order chi connectivity index (χ1) is 6.13. The van der Waals surface area contributed by atoms with E-state index >= 15 is 0 Å². The summed E-state index contributed by atoms with van der Waals surface area (Å²) >= 11 is 0. The monoisotopic (exact) mass is 176 g/mol. The molecule has 0 fully saturated rings. The molecule has 0 unspecified atom stereocenters. The molecule has 1 rings (SSSR count). The molecule has 0 heterocycles. The number of aryl methyl sites for hydroxylation is 1. The number of carboxylic acids is 1. The summed E-state index contributed by atoms with van der Waals surface area (Å²) in [6.45, 7) is 3.79. The van der Waals surface area contributed by atoms with Crippen molar-refractivity contribution in [1.29, 1.82) is 0 Å². The van der Waals surface area contributed by atoms with Gasteiger partial charge in [-0.3, -0.25) is 0 Å². The van der Waals surface area contributed by atoms with Gasteiger partial charge in [-0.15, -0.1) is 0 Å². The minimum Gasteiger partial charge on any atom is -0.478 e. The molecule has 13 heavy (non-hydrogen) atoms. The number of benzene rings is 1. The smallest absolute Gasteiger partial charge is 0.335 e. The molecule has 2 nitrogen and oxygen atoms in total. The van der Waals surface area contributed by atoms with Crippen molar-refractivity contribution in [2.45, 2.75) is 13.8 Å². The van der Waals surface area contributed by atoms with Gasteiger partial charge in [0.05, 0.1) is 5.56 Å². The summed E-state index contributed by atoms with van der Waals surface area (Å²) in [5.74, 6) is -0.880. The molecule has 0 aliphatic heterocycles. The maximum atomic E-state index is 10.7. The quantitative estimate of drug-likeness (QED) is 0.752. The number of carbonyl (C=O) groups is 1. The van der Waals surface area contributed by atoms with E-state index in [-0.39, 0.29) is 0 Å². The van der Waals surface area contributed by atoms with Gasteiger partial charge in [0.25, 0.3) is 0 Å². The van der Waals surface area contributed by atoms with E-state index in [1.54, 1.807) is 12.1 Å². The number of rotatable bonds is 2. The van der Waals surface area contributed by atoms with Gasteiger partial charge in [0.1, 0.15) is 0 Å². The number of hydrogen-bond donors (Lipinski definition) is 1. The first-order valence-corrected chi connectivity index (χ1v) is 4.11. The maximum Gasteiger partial charge on any atom is 0.335 e. The first kappa shape index (κ1) is 9.52. The van der Waals surface area contributed by atoms with Crippen LogP contribution in [0, 0.1) is 6.92 Å². The van der Waals surface area contributed by atoms with Crippen LogP contribution in [-0.4, -0.2) is 11.1 Å². The zero-order valence-electron chi connectivity index (χ0n) is 7.74. The molecule has 68 valence electrons. The Morgan fingerprint density at radius 1 is 1.38 bits per heavy atom. The molecule has 2 heteroatoms. The number of carboxylic acid groups (broad SMARTS) is 1. The van der Waals surface area contributed by atoms with Gasteiger partial charge < -0.3 is 5.11 Å². The van der Waals surface area contributed by atoms with Gasteiger partial charge in [-0.05, 0) is 37.1 Å². The zero-order chi connectivity index (χ0) is 9.84. The predicted octanol–water partition coefficient (Wildman–Crippen LogP) is 2.73. The maximum absolute atomic E-state index is 10.7. The van der Waals surface area contributed by atoms with E-state index in [9.17, 15) is 4.79 Å². The van der Waals surface area contributed by atoms with E-state index in [2.05, 4.69) is 0 Å². The highest BCUT2D eigenvalue weighted by Gasteiger charge is 2.03. The van der Waals surface area contributed by atoms with Crippen LogP contribution in [0.2, 0.25) is 0 Å². The lowest BCUT2D eigenvalue weighted by Gasteiger charge is -1.99. The lowest BCUT2D eigenvalue weighted by molar-refractivity contribution is 0.0696. The minimum atomic E-state index is -0.880. The summed E-state index contributed by atoms with van der Waals surface area (Å²) in [6.07, 6.45) is 3.78. The minimum absolute atomic E-state index is 0.341. The molecule has 0 atom stereocenters. The van der Waals surface area contributed by atoms with Gasteiger partial charge in [0, 0.05) is 0 Å². The molecule has 0 amide bonds. The van der Waals surface area contributed by atoms with Crippen LogP contribution in [0.25, 0.3) is 6.08 Å². The van der Waals surface area contributed by atoms with Gasteiger partial charge in [-0.2, -0.15) is 0 Å². The summed E-state index contributed by atoms with van der Waals surface area (Å²) in [7, 11) is 0. The molecule has 0 radical (unpaired) electrons. The van der Waals surface area contributed by atoms with Crippen molar-refractivity contribution in [3.05, 3.63) is 41.0 Å². The topological polar surface area (TPSA) is 37.3 Å². The van der Waals surface area contributed by atoms with Crippen molar-refractivity contribution in [2.24, 2.45) is 0 Å². The number of allylic oxidation sites excluding steroid dienone is 1. The van der Waals surface area contributed by atoms with Crippen molar-refractivity contribution in [1.82, 2.24) is 0 Å². The van der Waals surface area contributed by atoms with Crippen LogP contribution in [0.5, 0.6) is 0 Å². The van der Waals surface area contributed by atoms with Gasteiger partial charge in [0.2, 0.25) is 0 Å². The van der Waals surface area contributed by atoms with Gasteiger partial charge in [0.15, 0.2) is 0 Å². The lowest BCUT2D eigenvalue weighted by Crippen LogP contribution is -1.97. The van der Waals surface area contributed by atoms with Crippen LogP contribution < -0.4 is 0 Å². The van der Waals surface area contributed by atoms with Crippen LogP contribution in [0.4, 0.5) is 0 Å². The van der Waals surface area contributed by atoms with Crippen LogP contribution in [0.1, 0.15) is 28.4 Å². The Hall–Kier alpha value is -1.57. The molecule has 0 bridgehead atoms.